The van der Waals surface area contributed by atoms with Crippen molar-refractivity contribution in [3.05, 3.63) is 41.0 Å². The normalized spacial score (nSPS) is 10.0. The lowest BCUT2D eigenvalue weighted by Crippen LogP contribution is -2.04. The summed E-state index contributed by atoms with van der Waals surface area (Å²) in [6.45, 7) is 2.81. The lowest BCUT2D eigenvalue weighted by molar-refractivity contribution is 1.08. The zero-order valence-electron chi connectivity index (χ0n) is 9.44. The van der Waals surface area contributed by atoms with Crippen LogP contribution in [0.4, 0.5) is 17.5 Å². The van der Waals surface area contributed by atoms with Crippen molar-refractivity contribution in [2.45, 2.75) is 6.92 Å². The summed E-state index contributed by atoms with van der Waals surface area (Å²) < 4.78 is 0.836. The molecule has 0 atom stereocenters. The first-order chi connectivity index (χ1) is 8.29. The molecule has 88 valence electrons. The number of aromatic nitrogens is 2. The summed E-state index contributed by atoms with van der Waals surface area (Å²) in [6, 6.07) is 9.90. The van der Waals surface area contributed by atoms with Crippen molar-refractivity contribution < 1.29 is 0 Å². The summed E-state index contributed by atoms with van der Waals surface area (Å²) in [5.41, 5.74) is 0.995. The van der Waals surface area contributed by atoms with Crippen LogP contribution in [0.15, 0.2) is 41.0 Å². The van der Waals surface area contributed by atoms with Gasteiger partial charge in [-0.05, 0) is 35.0 Å². The molecule has 4 nitrogen and oxygen atoms in total. The number of hydrogen-bond acceptors (Lipinski definition) is 4. The molecule has 0 amide bonds. The molecule has 5 heteroatoms. The average molecular weight is 293 g/mol. The number of nitrogens with one attached hydrogen (secondary N) is 2. The molecule has 1 aromatic carbocycles. The van der Waals surface area contributed by atoms with Crippen LogP contribution in [0.3, 0.4) is 0 Å². The molecule has 2 N–H and O–H groups in total. The number of anilines is 3. The highest BCUT2D eigenvalue weighted by Gasteiger charge is 2.04. The Balaban J connectivity index is 2.22. The van der Waals surface area contributed by atoms with Gasteiger partial charge in [0.25, 0.3) is 0 Å². The highest BCUT2D eigenvalue weighted by molar-refractivity contribution is 9.10. The van der Waals surface area contributed by atoms with Crippen LogP contribution in [-0.2, 0) is 0 Å². The molecule has 2 aromatic rings. The van der Waals surface area contributed by atoms with E-state index in [-0.39, 0.29) is 0 Å². The van der Waals surface area contributed by atoms with E-state index in [0.29, 0.717) is 5.95 Å². The minimum atomic E-state index is 0.620. The van der Waals surface area contributed by atoms with Gasteiger partial charge in [0.15, 0.2) is 0 Å². The number of para-hydroxylation sites is 1. The summed E-state index contributed by atoms with van der Waals surface area (Å²) in [7, 11) is 0. The summed E-state index contributed by atoms with van der Waals surface area (Å²) in [4.78, 5) is 8.54. The predicted octanol–water partition coefficient (Wildman–Crippen LogP) is 3.41. The molecule has 0 radical (unpaired) electrons. The number of halogens is 1. The van der Waals surface area contributed by atoms with E-state index in [4.69, 9.17) is 0 Å². The van der Waals surface area contributed by atoms with Crippen LogP contribution in [-0.4, -0.2) is 16.5 Å². The van der Waals surface area contributed by atoms with Gasteiger partial charge in [0.05, 0.1) is 4.47 Å². The fourth-order valence-corrected chi connectivity index (χ4v) is 1.65. The van der Waals surface area contributed by atoms with E-state index in [2.05, 4.69) is 36.5 Å². The molecule has 1 heterocycles. The van der Waals surface area contributed by atoms with Crippen LogP contribution in [0.1, 0.15) is 6.92 Å². The summed E-state index contributed by atoms with van der Waals surface area (Å²) in [5, 5.41) is 6.31. The molecule has 0 fully saturated rings. The van der Waals surface area contributed by atoms with Crippen LogP contribution in [0.5, 0.6) is 0 Å². The maximum Gasteiger partial charge on any atom is 0.224 e. The van der Waals surface area contributed by atoms with Crippen molar-refractivity contribution in [1.82, 2.24) is 9.97 Å². The van der Waals surface area contributed by atoms with E-state index < -0.39 is 0 Å². The van der Waals surface area contributed by atoms with Crippen molar-refractivity contribution in [3.63, 3.8) is 0 Å². The van der Waals surface area contributed by atoms with Gasteiger partial charge in [-0.3, -0.25) is 0 Å². The fourth-order valence-electron chi connectivity index (χ4n) is 1.36. The second-order valence-corrected chi connectivity index (χ2v) is 4.27. The molecule has 0 bridgehead atoms. The first kappa shape index (κ1) is 11.9. The van der Waals surface area contributed by atoms with Crippen molar-refractivity contribution in [3.8, 4) is 0 Å². The smallest absolute Gasteiger partial charge is 0.224 e. The van der Waals surface area contributed by atoms with Crippen molar-refractivity contribution >= 4 is 33.4 Å². The third-order valence-corrected chi connectivity index (χ3v) is 2.70. The van der Waals surface area contributed by atoms with Gasteiger partial charge in [-0.1, -0.05) is 18.2 Å². The van der Waals surface area contributed by atoms with E-state index >= 15 is 0 Å². The predicted molar refractivity (Wildman–Crippen MR) is 73.6 cm³/mol. The molecular weight excluding hydrogens is 280 g/mol. The molecule has 0 aliphatic carbocycles. The highest BCUT2D eigenvalue weighted by Crippen LogP contribution is 2.23. The van der Waals surface area contributed by atoms with E-state index in [9.17, 15) is 0 Å². The van der Waals surface area contributed by atoms with E-state index in [1.807, 2.05) is 37.3 Å². The Labute approximate surface area is 109 Å². The number of nitrogens with zero attached hydrogens (tertiary/aromatic N) is 2. The minimum Gasteiger partial charge on any atom is -0.354 e. The van der Waals surface area contributed by atoms with Gasteiger partial charge >= 0.3 is 0 Å². The second kappa shape index (κ2) is 5.63. The van der Waals surface area contributed by atoms with Gasteiger partial charge in [0, 0.05) is 18.4 Å². The van der Waals surface area contributed by atoms with Gasteiger partial charge in [0.1, 0.15) is 5.82 Å². The van der Waals surface area contributed by atoms with E-state index in [1.165, 1.54) is 0 Å². The van der Waals surface area contributed by atoms with Crippen molar-refractivity contribution in [1.29, 1.82) is 0 Å². The molecular formula is C12H13BrN4. The van der Waals surface area contributed by atoms with E-state index in [1.54, 1.807) is 6.20 Å². The first-order valence-electron chi connectivity index (χ1n) is 5.38. The third-order valence-electron chi connectivity index (χ3n) is 2.12. The second-order valence-electron chi connectivity index (χ2n) is 3.41. The van der Waals surface area contributed by atoms with E-state index in [0.717, 1.165) is 22.5 Å². The Bertz CT molecular complexity index is 487. The standard InChI is InChI=1S/C12H13BrN4/c1-2-14-12-15-8-10(13)11(17-12)16-9-6-4-3-5-7-9/h3-8H,2H2,1H3,(H2,14,15,16,17). The molecule has 17 heavy (non-hydrogen) atoms. The monoisotopic (exact) mass is 292 g/mol. The lowest BCUT2D eigenvalue weighted by atomic mass is 10.3. The Morgan fingerprint density at radius 1 is 1.24 bits per heavy atom. The fraction of sp³-hybridized carbons (Fsp3) is 0.167. The summed E-state index contributed by atoms with van der Waals surface area (Å²) >= 11 is 3.42. The molecule has 1 aromatic heterocycles. The van der Waals surface area contributed by atoms with Crippen LogP contribution in [0.25, 0.3) is 0 Å². The maximum absolute atomic E-state index is 4.38. The SMILES string of the molecule is CCNc1ncc(Br)c(Nc2ccccc2)n1. The van der Waals surface area contributed by atoms with Crippen molar-refractivity contribution in [2.24, 2.45) is 0 Å². The van der Waals surface area contributed by atoms with Crippen LogP contribution in [0, 0.1) is 0 Å². The third kappa shape index (κ3) is 3.17. The number of rotatable bonds is 4. The number of benzene rings is 1. The van der Waals surface area contributed by atoms with Crippen LogP contribution >= 0.6 is 15.9 Å². The molecule has 0 unspecified atom stereocenters. The maximum atomic E-state index is 4.38. The molecule has 0 aliphatic heterocycles. The van der Waals surface area contributed by atoms with Gasteiger partial charge in [-0.15, -0.1) is 0 Å². The summed E-state index contributed by atoms with van der Waals surface area (Å²) in [6.07, 6.45) is 1.73. The molecule has 0 spiro atoms. The lowest BCUT2D eigenvalue weighted by Gasteiger charge is -2.09. The zero-order chi connectivity index (χ0) is 12.1. The first-order valence-corrected chi connectivity index (χ1v) is 6.17. The molecule has 0 saturated heterocycles. The molecule has 0 saturated carbocycles. The van der Waals surface area contributed by atoms with Gasteiger partial charge < -0.3 is 10.6 Å². The van der Waals surface area contributed by atoms with Crippen LogP contribution in [0.2, 0.25) is 0 Å². The minimum absolute atomic E-state index is 0.620. The Hall–Kier alpha value is -1.62. The quantitative estimate of drug-likeness (QED) is 0.907. The Morgan fingerprint density at radius 2 is 2.00 bits per heavy atom. The Morgan fingerprint density at radius 3 is 2.71 bits per heavy atom. The van der Waals surface area contributed by atoms with Crippen molar-refractivity contribution in [2.75, 3.05) is 17.2 Å². The summed E-state index contributed by atoms with van der Waals surface area (Å²) in [5.74, 6) is 1.37. The van der Waals surface area contributed by atoms with Gasteiger partial charge in [-0.25, -0.2) is 4.98 Å². The van der Waals surface area contributed by atoms with Gasteiger partial charge in [-0.2, -0.15) is 4.98 Å². The average Bonchev–Trinajstić information content (AvgIpc) is 2.35. The zero-order valence-corrected chi connectivity index (χ0v) is 11.0. The highest BCUT2D eigenvalue weighted by atomic mass is 79.9. The largest absolute Gasteiger partial charge is 0.354 e. The van der Waals surface area contributed by atoms with Crippen LogP contribution < -0.4 is 10.6 Å². The molecule has 0 aliphatic rings. The number of hydrogen-bond donors (Lipinski definition) is 2. The Kier molecular flexibility index (Phi) is 3.93. The topological polar surface area (TPSA) is 49.8 Å². The molecule has 2 rings (SSSR count). The van der Waals surface area contributed by atoms with Gasteiger partial charge in [0.2, 0.25) is 5.95 Å².